The Morgan fingerprint density at radius 2 is 2.05 bits per heavy atom. The molecule has 0 saturated carbocycles. The highest BCUT2D eigenvalue weighted by Crippen LogP contribution is 2.29. The van der Waals surface area contributed by atoms with E-state index in [2.05, 4.69) is 5.32 Å². The second-order valence-electron chi connectivity index (χ2n) is 4.13. The third-order valence-electron chi connectivity index (χ3n) is 2.60. The Morgan fingerprint density at radius 3 is 2.63 bits per heavy atom. The van der Waals surface area contributed by atoms with Gasteiger partial charge in [0.15, 0.2) is 0 Å². The van der Waals surface area contributed by atoms with Crippen LogP contribution in [0.15, 0.2) is 12.1 Å². The normalized spacial score (nSPS) is 10.3. The fourth-order valence-electron chi connectivity index (χ4n) is 1.64. The second-order valence-corrected chi connectivity index (χ2v) is 4.13. The van der Waals surface area contributed by atoms with Crippen LogP contribution in [0.4, 0.5) is 0 Å². The molecular formula is C14H21NO4. The molecule has 19 heavy (non-hydrogen) atoms. The van der Waals surface area contributed by atoms with Crippen molar-refractivity contribution >= 4 is 5.97 Å². The monoisotopic (exact) mass is 267 g/mol. The number of hydrogen-bond donors (Lipinski definition) is 1. The first-order chi connectivity index (χ1) is 9.12. The summed E-state index contributed by atoms with van der Waals surface area (Å²) in [7, 11) is 3.28. The molecule has 0 radical (unpaired) electrons. The van der Waals surface area contributed by atoms with Gasteiger partial charge in [0.2, 0.25) is 0 Å². The molecule has 0 aliphatic rings. The number of nitrogens with one attached hydrogen (secondary N) is 1. The summed E-state index contributed by atoms with van der Waals surface area (Å²) < 4.78 is 15.6. The van der Waals surface area contributed by atoms with Crippen molar-refractivity contribution in [1.82, 2.24) is 5.32 Å². The van der Waals surface area contributed by atoms with Gasteiger partial charge in [-0.1, -0.05) is 6.92 Å². The molecule has 0 amide bonds. The van der Waals surface area contributed by atoms with E-state index in [0.717, 1.165) is 23.3 Å². The van der Waals surface area contributed by atoms with Crippen molar-refractivity contribution < 1.29 is 19.0 Å². The topological polar surface area (TPSA) is 56.8 Å². The van der Waals surface area contributed by atoms with Gasteiger partial charge in [0.1, 0.15) is 24.8 Å². The van der Waals surface area contributed by atoms with E-state index >= 15 is 0 Å². The Labute approximate surface area is 113 Å². The molecule has 1 N–H and O–H groups in total. The first-order valence-electron chi connectivity index (χ1n) is 6.22. The average Bonchev–Trinajstić information content (AvgIpc) is 2.39. The van der Waals surface area contributed by atoms with Gasteiger partial charge in [-0.15, -0.1) is 0 Å². The minimum Gasteiger partial charge on any atom is -0.478 e. The molecule has 106 valence electrons. The summed E-state index contributed by atoms with van der Waals surface area (Å²) in [5.74, 6) is 0.952. The lowest BCUT2D eigenvalue weighted by molar-refractivity contribution is -0.138. The van der Waals surface area contributed by atoms with Crippen LogP contribution in [-0.4, -0.2) is 33.5 Å². The van der Waals surface area contributed by atoms with Gasteiger partial charge in [0, 0.05) is 7.11 Å². The van der Waals surface area contributed by atoms with Crippen molar-refractivity contribution in [1.29, 1.82) is 0 Å². The molecule has 0 unspecified atom stereocenters. The largest absolute Gasteiger partial charge is 0.478 e. The molecule has 0 atom stereocenters. The quantitative estimate of drug-likeness (QED) is 0.462. The van der Waals surface area contributed by atoms with E-state index in [4.69, 9.17) is 14.2 Å². The fraction of sp³-hybridized carbons (Fsp3) is 0.500. The molecular weight excluding hydrogens is 246 g/mol. The van der Waals surface area contributed by atoms with Crippen LogP contribution in [0, 0.1) is 6.92 Å². The highest BCUT2D eigenvalue weighted by atomic mass is 16.6. The Balaban J connectivity index is 2.92. The number of carbonyl (C=O) groups is 1. The molecule has 0 bridgehead atoms. The predicted octanol–water partition coefficient (Wildman–Crippen LogP) is 1.66. The van der Waals surface area contributed by atoms with Gasteiger partial charge in [0.25, 0.3) is 0 Å². The van der Waals surface area contributed by atoms with Gasteiger partial charge < -0.3 is 14.2 Å². The third-order valence-corrected chi connectivity index (χ3v) is 2.60. The molecule has 0 saturated heterocycles. The van der Waals surface area contributed by atoms with Gasteiger partial charge in [0.05, 0.1) is 0 Å². The van der Waals surface area contributed by atoms with E-state index in [1.807, 2.05) is 33.0 Å². The molecule has 0 heterocycles. The van der Waals surface area contributed by atoms with Gasteiger partial charge >= 0.3 is 5.97 Å². The zero-order valence-electron chi connectivity index (χ0n) is 11.9. The summed E-state index contributed by atoms with van der Waals surface area (Å²) in [6, 6.07) is 3.72. The number of benzene rings is 1. The summed E-state index contributed by atoms with van der Waals surface area (Å²) in [5, 5.41) is 2.93. The molecule has 0 aliphatic carbocycles. The maximum absolute atomic E-state index is 11.4. The van der Waals surface area contributed by atoms with Crippen molar-refractivity contribution in [3.63, 3.8) is 0 Å². The lowest BCUT2D eigenvalue weighted by Crippen LogP contribution is -2.16. The highest BCUT2D eigenvalue weighted by Gasteiger charge is 2.11. The van der Waals surface area contributed by atoms with Crippen LogP contribution in [0.1, 0.15) is 18.1 Å². The number of methoxy groups -OCH3 is 1. The first-order valence-corrected chi connectivity index (χ1v) is 6.22. The van der Waals surface area contributed by atoms with E-state index in [0.29, 0.717) is 12.5 Å². The Hall–Kier alpha value is -1.59. The number of aryl methyl sites for hydroxylation is 2. The summed E-state index contributed by atoms with van der Waals surface area (Å²) in [5.41, 5.74) is 1.86. The van der Waals surface area contributed by atoms with Crippen LogP contribution in [0.3, 0.4) is 0 Å². The summed E-state index contributed by atoms with van der Waals surface area (Å²) in [6.07, 6.45) is 0.800. The van der Waals surface area contributed by atoms with Crippen LogP contribution in [0.25, 0.3) is 0 Å². The van der Waals surface area contributed by atoms with E-state index in [1.54, 1.807) is 0 Å². The minimum absolute atomic E-state index is 0.0566. The Morgan fingerprint density at radius 1 is 1.32 bits per heavy atom. The zero-order chi connectivity index (χ0) is 14.3. The standard InChI is InChI=1S/C14H21NO4/c1-5-11-7-12(19-14(16)8-17-4)10(2)6-13(11)18-9-15-3/h6-7,15H,5,8-9H2,1-4H3. The molecule has 1 aromatic carbocycles. The van der Waals surface area contributed by atoms with Crippen LogP contribution in [-0.2, 0) is 16.0 Å². The minimum atomic E-state index is -0.406. The molecule has 1 aromatic rings. The summed E-state index contributed by atoms with van der Waals surface area (Å²) >= 11 is 0. The van der Waals surface area contributed by atoms with Gasteiger partial charge in [-0.05, 0) is 43.7 Å². The molecule has 0 aliphatic heterocycles. The van der Waals surface area contributed by atoms with Crippen molar-refractivity contribution in [2.24, 2.45) is 0 Å². The number of hydrogen-bond acceptors (Lipinski definition) is 5. The summed E-state index contributed by atoms with van der Waals surface area (Å²) in [6.45, 7) is 4.28. The van der Waals surface area contributed by atoms with Crippen molar-refractivity contribution in [2.75, 3.05) is 27.5 Å². The SMILES string of the molecule is CCc1cc(OC(=O)COC)c(C)cc1OCNC. The molecule has 0 spiro atoms. The third kappa shape index (κ3) is 4.54. The molecule has 0 fully saturated rings. The second kappa shape index (κ2) is 7.76. The Bertz CT molecular complexity index is 432. The number of esters is 1. The number of rotatable bonds is 7. The Kier molecular flexibility index (Phi) is 6.32. The predicted molar refractivity (Wildman–Crippen MR) is 72.6 cm³/mol. The van der Waals surface area contributed by atoms with Gasteiger partial charge in [-0.25, -0.2) is 4.79 Å². The zero-order valence-corrected chi connectivity index (χ0v) is 11.9. The van der Waals surface area contributed by atoms with E-state index in [-0.39, 0.29) is 6.61 Å². The maximum atomic E-state index is 11.4. The van der Waals surface area contributed by atoms with Crippen LogP contribution in [0.5, 0.6) is 11.5 Å². The summed E-state index contributed by atoms with van der Waals surface area (Å²) in [4.78, 5) is 11.4. The van der Waals surface area contributed by atoms with E-state index in [1.165, 1.54) is 7.11 Å². The van der Waals surface area contributed by atoms with E-state index < -0.39 is 5.97 Å². The average molecular weight is 267 g/mol. The smallest absolute Gasteiger partial charge is 0.337 e. The number of carbonyl (C=O) groups excluding carboxylic acids is 1. The maximum Gasteiger partial charge on any atom is 0.337 e. The van der Waals surface area contributed by atoms with E-state index in [9.17, 15) is 4.79 Å². The van der Waals surface area contributed by atoms with Crippen LogP contribution < -0.4 is 14.8 Å². The van der Waals surface area contributed by atoms with Gasteiger partial charge in [-0.2, -0.15) is 0 Å². The lowest BCUT2D eigenvalue weighted by Gasteiger charge is -2.14. The fourth-order valence-corrected chi connectivity index (χ4v) is 1.64. The van der Waals surface area contributed by atoms with Crippen LogP contribution in [0.2, 0.25) is 0 Å². The number of ether oxygens (including phenoxy) is 3. The molecule has 5 nitrogen and oxygen atoms in total. The van der Waals surface area contributed by atoms with Crippen molar-refractivity contribution in [3.8, 4) is 11.5 Å². The lowest BCUT2D eigenvalue weighted by atomic mass is 10.1. The van der Waals surface area contributed by atoms with Crippen LogP contribution >= 0.6 is 0 Å². The van der Waals surface area contributed by atoms with Crippen molar-refractivity contribution in [3.05, 3.63) is 23.3 Å². The highest BCUT2D eigenvalue weighted by molar-refractivity contribution is 5.74. The van der Waals surface area contributed by atoms with Crippen molar-refractivity contribution in [2.45, 2.75) is 20.3 Å². The van der Waals surface area contributed by atoms with Gasteiger partial charge in [-0.3, -0.25) is 5.32 Å². The molecule has 0 aromatic heterocycles. The molecule has 1 rings (SSSR count). The molecule has 5 heteroatoms. The first kappa shape index (κ1) is 15.5.